The second-order valence-corrected chi connectivity index (χ2v) is 5.34. The first-order chi connectivity index (χ1) is 9.38. The van der Waals surface area contributed by atoms with Gasteiger partial charge in [-0.15, -0.1) is 0 Å². The molecule has 1 heterocycles. The van der Waals surface area contributed by atoms with Gasteiger partial charge < -0.3 is 0 Å². The molecule has 3 nitrogen and oxygen atoms in total. The van der Waals surface area contributed by atoms with E-state index in [2.05, 4.69) is 5.10 Å². The molecule has 1 aromatic heterocycles. The van der Waals surface area contributed by atoms with E-state index in [0.29, 0.717) is 10.6 Å². The van der Waals surface area contributed by atoms with E-state index in [0.717, 1.165) is 17.0 Å². The topological polar surface area (TPSA) is 34.9 Å². The van der Waals surface area contributed by atoms with E-state index in [-0.39, 0.29) is 18.6 Å². The molecule has 0 atom stereocenters. The number of aryl methyl sites for hydroxylation is 2. The summed E-state index contributed by atoms with van der Waals surface area (Å²) in [4.78, 5) is 12.1. The van der Waals surface area contributed by atoms with Crippen molar-refractivity contribution in [2.24, 2.45) is 7.05 Å². The molecule has 0 saturated heterocycles. The Morgan fingerprint density at radius 3 is 2.60 bits per heavy atom. The lowest BCUT2D eigenvalue weighted by Crippen LogP contribution is -2.09. The lowest BCUT2D eigenvalue weighted by molar-refractivity contribution is -0.117. The number of Topliss-reactive ketones (excluding diaryl/α,β-unsaturated/α-hetero) is 1. The Kier molecular flexibility index (Phi) is 4.23. The van der Waals surface area contributed by atoms with Gasteiger partial charge in [0.1, 0.15) is 11.6 Å². The van der Waals surface area contributed by atoms with Gasteiger partial charge in [0, 0.05) is 36.2 Å². The van der Waals surface area contributed by atoms with Crippen LogP contribution < -0.4 is 0 Å². The maximum absolute atomic E-state index is 13.7. The Morgan fingerprint density at radius 2 is 2.05 bits per heavy atom. The van der Waals surface area contributed by atoms with Gasteiger partial charge in [-0.25, -0.2) is 4.39 Å². The minimum Gasteiger partial charge on any atom is -0.299 e. The smallest absolute Gasteiger partial charge is 0.141 e. The van der Waals surface area contributed by atoms with Crippen LogP contribution in [0.2, 0.25) is 5.02 Å². The third-order valence-corrected chi connectivity index (χ3v) is 3.67. The molecule has 106 valence electrons. The van der Waals surface area contributed by atoms with Gasteiger partial charge in [-0.1, -0.05) is 17.7 Å². The van der Waals surface area contributed by atoms with Crippen LogP contribution in [0.15, 0.2) is 18.2 Å². The lowest BCUT2D eigenvalue weighted by atomic mass is 10.0. The minimum atomic E-state index is -0.439. The van der Waals surface area contributed by atoms with Crippen molar-refractivity contribution in [3.05, 3.63) is 51.6 Å². The van der Waals surface area contributed by atoms with Crippen molar-refractivity contribution in [3.8, 4) is 0 Å². The predicted octanol–water partition coefficient (Wildman–Crippen LogP) is 3.18. The SMILES string of the molecule is Cc1nn(C)c(C)c1CC(=O)Cc1ccc(Cl)cc1F. The van der Waals surface area contributed by atoms with Crippen LogP contribution in [0.25, 0.3) is 0 Å². The van der Waals surface area contributed by atoms with Crippen molar-refractivity contribution in [1.29, 1.82) is 0 Å². The molecule has 0 bridgehead atoms. The van der Waals surface area contributed by atoms with Crippen LogP contribution in [-0.4, -0.2) is 15.6 Å². The summed E-state index contributed by atoms with van der Waals surface area (Å²) < 4.78 is 15.4. The molecule has 0 aliphatic heterocycles. The summed E-state index contributed by atoms with van der Waals surface area (Å²) in [7, 11) is 1.84. The highest BCUT2D eigenvalue weighted by atomic mass is 35.5. The highest BCUT2D eigenvalue weighted by molar-refractivity contribution is 6.30. The van der Waals surface area contributed by atoms with Gasteiger partial charge >= 0.3 is 0 Å². The van der Waals surface area contributed by atoms with E-state index >= 15 is 0 Å². The average molecular weight is 295 g/mol. The zero-order valence-corrected chi connectivity index (χ0v) is 12.5. The normalized spacial score (nSPS) is 10.8. The molecule has 0 aliphatic carbocycles. The predicted molar refractivity (Wildman–Crippen MR) is 76.5 cm³/mol. The van der Waals surface area contributed by atoms with Gasteiger partial charge in [0.25, 0.3) is 0 Å². The molecule has 20 heavy (non-hydrogen) atoms. The highest BCUT2D eigenvalue weighted by Gasteiger charge is 2.15. The van der Waals surface area contributed by atoms with E-state index < -0.39 is 5.82 Å². The Labute approximate surface area is 122 Å². The van der Waals surface area contributed by atoms with Gasteiger partial charge in [0.2, 0.25) is 0 Å². The van der Waals surface area contributed by atoms with Crippen LogP contribution in [0.3, 0.4) is 0 Å². The lowest BCUT2D eigenvalue weighted by Gasteiger charge is -2.04. The van der Waals surface area contributed by atoms with E-state index in [1.54, 1.807) is 16.8 Å². The average Bonchev–Trinajstić information content (AvgIpc) is 2.60. The fraction of sp³-hybridized carbons (Fsp3) is 0.333. The van der Waals surface area contributed by atoms with E-state index in [1.165, 1.54) is 6.07 Å². The standard InChI is InChI=1S/C15H16ClFN2O/c1-9-14(10(2)19(3)18-9)8-13(20)6-11-4-5-12(16)7-15(11)17/h4-5,7H,6,8H2,1-3H3. The third-order valence-electron chi connectivity index (χ3n) is 3.44. The molecular formula is C15H16ClFN2O. The Bertz CT molecular complexity index is 664. The molecule has 0 aliphatic rings. The number of carbonyl (C=O) groups is 1. The number of carbonyl (C=O) groups excluding carboxylic acids is 1. The number of ketones is 1. The van der Waals surface area contributed by atoms with Crippen molar-refractivity contribution >= 4 is 17.4 Å². The summed E-state index contributed by atoms with van der Waals surface area (Å²) in [5.74, 6) is -0.476. The van der Waals surface area contributed by atoms with Gasteiger partial charge in [0.15, 0.2) is 0 Å². The molecule has 0 fully saturated rings. The van der Waals surface area contributed by atoms with Crippen LogP contribution in [0.4, 0.5) is 4.39 Å². The summed E-state index contributed by atoms with van der Waals surface area (Å²) in [5, 5.41) is 4.60. The molecule has 2 aromatic rings. The Hall–Kier alpha value is -1.68. The van der Waals surface area contributed by atoms with Crippen molar-refractivity contribution in [1.82, 2.24) is 9.78 Å². The molecular weight excluding hydrogens is 279 g/mol. The van der Waals surface area contributed by atoms with Crippen molar-refractivity contribution in [2.75, 3.05) is 0 Å². The number of hydrogen-bond acceptors (Lipinski definition) is 2. The quantitative estimate of drug-likeness (QED) is 0.868. The molecule has 0 amide bonds. The fourth-order valence-electron chi connectivity index (χ4n) is 2.21. The number of nitrogens with zero attached hydrogens (tertiary/aromatic N) is 2. The maximum Gasteiger partial charge on any atom is 0.141 e. The van der Waals surface area contributed by atoms with Crippen LogP contribution in [0.5, 0.6) is 0 Å². The summed E-state index contributed by atoms with van der Waals surface area (Å²) in [6, 6.07) is 4.37. The first-order valence-corrected chi connectivity index (χ1v) is 6.71. The minimum absolute atomic E-state index is 0.0366. The number of rotatable bonds is 4. The number of halogens is 2. The zero-order chi connectivity index (χ0) is 14.9. The zero-order valence-electron chi connectivity index (χ0n) is 11.7. The third kappa shape index (κ3) is 3.07. The second kappa shape index (κ2) is 5.75. The van der Waals surface area contributed by atoms with Gasteiger partial charge in [-0.3, -0.25) is 9.48 Å². The summed E-state index contributed by atoms with van der Waals surface area (Å²) in [6.07, 6.45) is 0.338. The molecule has 2 rings (SSSR count). The van der Waals surface area contributed by atoms with E-state index in [4.69, 9.17) is 11.6 Å². The Balaban J connectivity index is 2.13. The van der Waals surface area contributed by atoms with E-state index in [9.17, 15) is 9.18 Å². The fourth-order valence-corrected chi connectivity index (χ4v) is 2.37. The van der Waals surface area contributed by atoms with E-state index in [1.807, 2.05) is 20.9 Å². The molecule has 0 N–H and O–H groups in total. The highest BCUT2D eigenvalue weighted by Crippen LogP contribution is 2.17. The molecule has 0 radical (unpaired) electrons. The summed E-state index contributed by atoms with van der Waals surface area (Å²) >= 11 is 5.69. The Morgan fingerprint density at radius 1 is 1.35 bits per heavy atom. The van der Waals surface area contributed by atoms with Crippen LogP contribution in [-0.2, 0) is 24.7 Å². The van der Waals surface area contributed by atoms with Gasteiger partial charge in [0.05, 0.1) is 5.69 Å². The molecule has 5 heteroatoms. The van der Waals surface area contributed by atoms with Crippen molar-refractivity contribution in [3.63, 3.8) is 0 Å². The summed E-state index contributed by atoms with van der Waals surface area (Å²) in [6.45, 7) is 3.80. The molecule has 0 saturated carbocycles. The largest absolute Gasteiger partial charge is 0.299 e. The maximum atomic E-state index is 13.7. The first-order valence-electron chi connectivity index (χ1n) is 6.33. The van der Waals surface area contributed by atoms with Crippen LogP contribution in [0, 0.1) is 19.7 Å². The van der Waals surface area contributed by atoms with Crippen molar-refractivity contribution < 1.29 is 9.18 Å². The van der Waals surface area contributed by atoms with Gasteiger partial charge in [-0.05, 0) is 31.5 Å². The monoisotopic (exact) mass is 294 g/mol. The second-order valence-electron chi connectivity index (χ2n) is 4.90. The molecule has 0 spiro atoms. The number of hydrogen-bond donors (Lipinski definition) is 0. The number of aromatic nitrogens is 2. The molecule has 0 unspecified atom stereocenters. The van der Waals surface area contributed by atoms with Crippen molar-refractivity contribution in [2.45, 2.75) is 26.7 Å². The molecule has 1 aromatic carbocycles. The summed E-state index contributed by atoms with van der Waals surface area (Å²) in [5.41, 5.74) is 3.10. The van der Waals surface area contributed by atoms with Crippen LogP contribution in [0.1, 0.15) is 22.5 Å². The van der Waals surface area contributed by atoms with Crippen LogP contribution >= 0.6 is 11.6 Å². The number of benzene rings is 1. The first kappa shape index (κ1) is 14.7. The van der Waals surface area contributed by atoms with Gasteiger partial charge in [-0.2, -0.15) is 5.10 Å².